The first kappa shape index (κ1) is 20.3. The van der Waals surface area contributed by atoms with Crippen LogP contribution in [0, 0.1) is 0 Å². The molecule has 0 unspecified atom stereocenters. The van der Waals surface area contributed by atoms with Crippen LogP contribution in [-0.2, 0) is 4.74 Å². The third kappa shape index (κ3) is 6.36. The number of rotatable bonds is 7. The number of ether oxygens (including phenoxy) is 2. The highest BCUT2D eigenvalue weighted by molar-refractivity contribution is 5.97. The van der Waals surface area contributed by atoms with Crippen LogP contribution in [0.2, 0.25) is 0 Å². The fourth-order valence-electron chi connectivity index (χ4n) is 1.69. The average molecular weight is 358 g/mol. The number of anilines is 1. The van der Waals surface area contributed by atoms with Gasteiger partial charge in [-0.15, -0.1) is 6.58 Å². The van der Waals surface area contributed by atoms with Crippen molar-refractivity contribution in [3.8, 4) is 5.88 Å². The summed E-state index contributed by atoms with van der Waals surface area (Å²) < 4.78 is 36.5. The molecule has 2 N–H and O–H groups in total. The van der Waals surface area contributed by atoms with Gasteiger partial charge in [0.25, 0.3) is 6.43 Å². The van der Waals surface area contributed by atoms with Crippen LogP contribution in [0.25, 0.3) is 0 Å². The van der Waals surface area contributed by atoms with Crippen LogP contribution in [0.15, 0.2) is 18.7 Å². The summed E-state index contributed by atoms with van der Waals surface area (Å²) in [5, 5.41) is 11.4. The summed E-state index contributed by atoms with van der Waals surface area (Å²) >= 11 is 0. The van der Waals surface area contributed by atoms with E-state index in [2.05, 4.69) is 16.9 Å². The van der Waals surface area contributed by atoms with E-state index in [0.29, 0.717) is 6.42 Å². The Hall–Kier alpha value is -2.71. The fourth-order valence-corrected chi connectivity index (χ4v) is 1.69. The summed E-state index contributed by atoms with van der Waals surface area (Å²) in [5.74, 6) is -2.02. The van der Waals surface area contributed by atoms with Gasteiger partial charge in [-0.2, -0.15) is 0 Å². The fraction of sp³-hybridized carbons (Fsp3) is 0.438. The number of alkyl halides is 2. The first-order valence-electron chi connectivity index (χ1n) is 7.35. The summed E-state index contributed by atoms with van der Waals surface area (Å²) in [6.45, 7) is 8.28. The minimum absolute atomic E-state index is 0.00806. The van der Waals surface area contributed by atoms with Crippen molar-refractivity contribution >= 4 is 17.7 Å². The van der Waals surface area contributed by atoms with Crippen molar-refractivity contribution in [2.45, 2.75) is 39.2 Å². The van der Waals surface area contributed by atoms with Gasteiger partial charge >= 0.3 is 12.1 Å². The second-order valence-corrected chi connectivity index (χ2v) is 5.94. The molecular formula is C16H20F2N2O5. The lowest BCUT2D eigenvalue weighted by atomic mass is 10.2. The number of aromatic nitrogens is 1. The number of hydrogen-bond donors (Lipinski definition) is 2. The Balaban J connectivity index is 3.22. The number of pyridine rings is 1. The van der Waals surface area contributed by atoms with Crippen molar-refractivity contribution in [1.82, 2.24) is 4.98 Å². The molecule has 0 aliphatic carbocycles. The zero-order valence-electron chi connectivity index (χ0n) is 14.1. The third-order valence-corrected chi connectivity index (χ3v) is 2.65. The van der Waals surface area contributed by atoms with E-state index in [0.717, 1.165) is 6.07 Å². The molecule has 0 bridgehead atoms. The number of amides is 1. The maximum Gasteiger partial charge on any atom is 0.412 e. The van der Waals surface area contributed by atoms with E-state index in [-0.39, 0.29) is 6.61 Å². The molecule has 1 aromatic rings. The Labute approximate surface area is 143 Å². The van der Waals surface area contributed by atoms with Crippen LogP contribution in [0.3, 0.4) is 0 Å². The maximum atomic E-state index is 13.2. The Morgan fingerprint density at radius 2 is 2.08 bits per heavy atom. The first-order chi connectivity index (χ1) is 11.5. The molecule has 0 saturated heterocycles. The van der Waals surface area contributed by atoms with Crippen molar-refractivity contribution in [1.29, 1.82) is 0 Å². The Morgan fingerprint density at radius 1 is 1.44 bits per heavy atom. The van der Waals surface area contributed by atoms with Gasteiger partial charge in [0.05, 0.1) is 17.9 Å². The van der Waals surface area contributed by atoms with Gasteiger partial charge in [-0.1, -0.05) is 6.08 Å². The number of nitrogens with zero attached hydrogens (tertiary/aromatic N) is 1. The zero-order valence-corrected chi connectivity index (χ0v) is 14.1. The van der Waals surface area contributed by atoms with Crippen molar-refractivity contribution in [2.75, 3.05) is 11.9 Å². The van der Waals surface area contributed by atoms with Crippen LogP contribution in [0.4, 0.5) is 19.3 Å². The van der Waals surface area contributed by atoms with E-state index in [1.807, 2.05) is 0 Å². The van der Waals surface area contributed by atoms with Crippen LogP contribution in [0.5, 0.6) is 5.88 Å². The summed E-state index contributed by atoms with van der Waals surface area (Å²) in [6, 6.07) is 0.814. The summed E-state index contributed by atoms with van der Waals surface area (Å²) in [5.41, 5.74) is -2.53. The monoisotopic (exact) mass is 358 g/mol. The molecule has 138 valence electrons. The lowest BCUT2D eigenvalue weighted by Crippen LogP contribution is -2.28. The summed E-state index contributed by atoms with van der Waals surface area (Å²) in [7, 11) is 0. The van der Waals surface area contributed by atoms with Gasteiger partial charge in [-0.05, 0) is 33.3 Å². The molecule has 0 saturated carbocycles. The molecule has 0 radical (unpaired) electrons. The lowest BCUT2D eigenvalue weighted by molar-refractivity contribution is 0.0635. The standard InChI is InChI=1S/C16H20F2N2O5/c1-5-6-7-24-13-9(12(17)18)8-10(11(20-13)14(21)22)19-15(23)25-16(2,3)4/h5,8,12H,1,6-7H2,2-4H3,(H,19,23)(H,21,22). The van der Waals surface area contributed by atoms with Crippen LogP contribution >= 0.6 is 0 Å². The van der Waals surface area contributed by atoms with E-state index in [1.54, 1.807) is 20.8 Å². The normalized spacial score (nSPS) is 11.1. The third-order valence-electron chi connectivity index (χ3n) is 2.65. The number of carbonyl (C=O) groups excluding carboxylic acids is 1. The van der Waals surface area contributed by atoms with Gasteiger partial charge in [0.2, 0.25) is 5.88 Å². The van der Waals surface area contributed by atoms with Gasteiger partial charge in [0.1, 0.15) is 5.60 Å². The molecule has 1 aromatic heterocycles. The van der Waals surface area contributed by atoms with Crippen LogP contribution < -0.4 is 10.1 Å². The van der Waals surface area contributed by atoms with Crippen molar-refractivity contribution in [3.05, 3.63) is 30.0 Å². The second kappa shape index (κ2) is 8.41. The number of carboxylic acids is 1. The number of hydrogen-bond acceptors (Lipinski definition) is 5. The highest BCUT2D eigenvalue weighted by Gasteiger charge is 2.25. The highest BCUT2D eigenvalue weighted by atomic mass is 19.3. The van der Waals surface area contributed by atoms with Crippen molar-refractivity contribution in [2.24, 2.45) is 0 Å². The molecule has 0 atom stereocenters. The van der Waals surface area contributed by atoms with E-state index >= 15 is 0 Å². The van der Waals surface area contributed by atoms with E-state index in [1.165, 1.54) is 6.08 Å². The molecule has 1 rings (SSSR count). The van der Waals surface area contributed by atoms with Gasteiger partial charge < -0.3 is 14.6 Å². The van der Waals surface area contributed by atoms with Crippen molar-refractivity contribution in [3.63, 3.8) is 0 Å². The van der Waals surface area contributed by atoms with Gasteiger partial charge in [0, 0.05) is 0 Å². The van der Waals surface area contributed by atoms with Crippen LogP contribution in [-0.4, -0.2) is 34.4 Å². The predicted molar refractivity (Wildman–Crippen MR) is 86.3 cm³/mol. The van der Waals surface area contributed by atoms with Gasteiger partial charge in [-0.3, -0.25) is 5.32 Å². The largest absolute Gasteiger partial charge is 0.477 e. The minimum Gasteiger partial charge on any atom is -0.477 e. The first-order valence-corrected chi connectivity index (χ1v) is 7.35. The quantitative estimate of drug-likeness (QED) is 0.564. The summed E-state index contributed by atoms with van der Waals surface area (Å²) in [6.07, 6.45) is -2.09. The van der Waals surface area contributed by atoms with Gasteiger partial charge in [-0.25, -0.2) is 23.4 Å². The number of nitrogens with one attached hydrogen (secondary N) is 1. The lowest BCUT2D eigenvalue weighted by Gasteiger charge is -2.20. The molecule has 0 spiro atoms. The number of halogens is 2. The molecule has 9 heteroatoms. The molecule has 1 heterocycles. The maximum absolute atomic E-state index is 13.2. The molecular weight excluding hydrogens is 338 g/mol. The Morgan fingerprint density at radius 3 is 2.56 bits per heavy atom. The predicted octanol–water partition coefficient (Wildman–Crippen LogP) is 4.02. The highest BCUT2D eigenvalue weighted by Crippen LogP contribution is 2.32. The van der Waals surface area contributed by atoms with Gasteiger partial charge in [0.15, 0.2) is 5.69 Å². The molecule has 0 aliphatic heterocycles. The molecule has 0 aromatic carbocycles. The summed E-state index contributed by atoms with van der Waals surface area (Å²) in [4.78, 5) is 26.7. The van der Waals surface area contributed by atoms with E-state index < -0.39 is 46.9 Å². The smallest absolute Gasteiger partial charge is 0.412 e. The van der Waals surface area contributed by atoms with Crippen molar-refractivity contribution < 1.29 is 33.0 Å². The number of carbonyl (C=O) groups is 2. The van der Waals surface area contributed by atoms with Crippen LogP contribution in [0.1, 0.15) is 49.7 Å². The second-order valence-electron chi connectivity index (χ2n) is 5.94. The Bertz CT molecular complexity index is 657. The SMILES string of the molecule is C=CCCOc1nc(C(=O)O)c(NC(=O)OC(C)(C)C)cc1C(F)F. The zero-order chi connectivity index (χ0) is 19.2. The van der Waals surface area contributed by atoms with E-state index in [4.69, 9.17) is 9.47 Å². The molecule has 0 fully saturated rings. The average Bonchev–Trinajstić information content (AvgIpc) is 2.45. The topological polar surface area (TPSA) is 97.8 Å². The molecule has 7 nitrogen and oxygen atoms in total. The Kier molecular flexibility index (Phi) is 6.84. The number of aromatic carboxylic acids is 1. The molecule has 25 heavy (non-hydrogen) atoms. The minimum atomic E-state index is -2.98. The number of carboxylic acid groups (broad SMARTS) is 1. The molecule has 1 amide bonds. The van der Waals surface area contributed by atoms with E-state index in [9.17, 15) is 23.5 Å². The molecule has 0 aliphatic rings.